The second-order valence-electron chi connectivity index (χ2n) is 5.56. The van der Waals surface area contributed by atoms with Crippen molar-refractivity contribution in [2.75, 3.05) is 26.2 Å². The number of rotatable bonds is 5. The Labute approximate surface area is 136 Å². The van der Waals surface area contributed by atoms with Gasteiger partial charge < -0.3 is 10.2 Å². The van der Waals surface area contributed by atoms with Crippen LogP contribution in [0.3, 0.4) is 0 Å². The van der Waals surface area contributed by atoms with Crippen LogP contribution in [0.25, 0.3) is 0 Å². The Kier molecular flexibility index (Phi) is 6.34. The molecule has 0 bridgehead atoms. The molecule has 0 radical (unpaired) electrons. The van der Waals surface area contributed by atoms with E-state index in [0.717, 1.165) is 32.6 Å². The summed E-state index contributed by atoms with van der Waals surface area (Å²) in [5.41, 5.74) is 0.501. The van der Waals surface area contributed by atoms with E-state index in [4.69, 9.17) is 23.2 Å². The van der Waals surface area contributed by atoms with Crippen LogP contribution in [-0.4, -0.2) is 37.0 Å². The summed E-state index contributed by atoms with van der Waals surface area (Å²) in [5.74, 6) is 0.502. The molecule has 1 aliphatic rings. The highest BCUT2D eigenvalue weighted by atomic mass is 35.5. The molecule has 1 amide bonds. The molecule has 1 aliphatic heterocycles. The Bertz CT molecular complexity index is 487. The number of carbonyl (C=O) groups is 1. The third kappa shape index (κ3) is 4.35. The predicted molar refractivity (Wildman–Crippen MR) is 88.3 cm³/mol. The summed E-state index contributed by atoms with van der Waals surface area (Å²) in [5, 5.41) is 4.18. The molecule has 1 saturated heterocycles. The summed E-state index contributed by atoms with van der Waals surface area (Å²) in [6.07, 6.45) is 3.28. The third-order valence-electron chi connectivity index (χ3n) is 3.84. The van der Waals surface area contributed by atoms with Crippen LogP contribution in [0.15, 0.2) is 18.2 Å². The van der Waals surface area contributed by atoms with Crippen LogP contribution in [0.5, 0.6) is 0 Å². The van der Waals surface area contributed by atoms with E-state index >= 15 is 0 Å². The molecule has 1 N–H and O–H groups in total. The van der Waals surface area contributed by atoms with Gasteiger partial charge in [-0.1, -0.05) is 36.2 Å². The number of amides is 1. The van der Waals surface area contributed by atoms with Crippen molar-refractivity contribution < 1.29 is 4.79 Å². The second-order valence-corrected chi connectivity index (χ2v) is 6.35. The molecule has 1 unspecified atom stereocenters. The van der Waals surface area contributed by atoms with Gasteiger partial charge in [0.2, 0.25) is 0 Å². The van der Waals surface area contributed by atoms with Gasteiger partial charge in [-0.05, 0) is 50.4 Å². The lowest BCUT2D eigenvalue weighted by atomic mass is 9.98. The Hall–Kier alpha value is -0.770. The van der Waals surface area contributed by atoms with Gasteiger partial charge in [0.25, 0.3) is 5.91 Å². The molecule has 1 aromatic carbocycles. The van der Waals surface area contributed by atoms with Gasteiger partial charge in [-0.3, -0.25) is 4.79 Å². The van der Waals surface area contributed by atoms with Gasteiger partial charge in [-0.25, -0.2) is 0 Å². The van der Waals surface area contributed by atoms with Gasteiger partial charge in [0, 0.05) is 13.1 Å². The van der Waals surface area contributed by atoms with Crippen molar-refractivity contribution in [2.45, 2.75) is 26.2 Å². The first kappa shape index (κ1) is 16.6. The van der Waals surface area contributed by atoms with Crippen LogP contribution in [0, 0.1) is 5.92 Å². The quantitative estimate of drug-likeness (QED) is 0.890. The van der Waals surface area contributed by atoms with E-state index in [2.05, 4.69) is 12.2 Å². The third-order valence-corrected chi connectivity index (χ3v) is 4.66. The topological polar surface area (TPSA) is 32.3 Å². The molecule has 0 aromatic heterocycles. The van der Waals surface area contributed by atoms with E-state index in [1.54, 1.807) is 18.2 Å². The molecule has 1 fully saturated rings. The van der Waals surface area contributed by atoms with Crippen molar-refractivity contribution >= 4 is 29.1 Å². The smallest absolute Gasteiger partial charge is 0.255 e. The summed E-state index contributed by atoms with van der Waals surface area (Å²) in [6, 6.07) is 5.22. The molecule has 0 saturated carbocycles. The maximum Gasteiger partial charge on any atom is 0.255 e. The fourth-order valence-corrected chi connectivity index (χ4v) is 3.16. The number of hydrogen-bond acceptors (Lipinski definition) is 2. The van der Waals surface area contributed by atoms with Crippen molar-refractivity contribution in [1.29, 1.82) is 0 Å². The SMILES string of the molecule is CCCN(CC1CCCNC1)C(=O)c1cccc(Cl)c1Cl. The number of halogens is 2. The zero-order valence-corrected chi connectivity index (χ0v) is 13.9. The number of nitrogens with zero attached hydrogens (tertiary/aromatic N) is 1. The van der Waals surface area contributed by atoms with E-state index in [0.29, 0.717) is 21.5 Å². The predicted octanol–water partition coefficient (Wildman–Crippen LogP) is 3.85. The van der Waals surface area contributed by atoms with Crippen LogP contribution in [0.2, 0.25) is 10.0 Å². The molecule has 3 nitrogen and oxygen atoms in total. The van der Waals surface area contributed by atoms with E-state index < -0.39 is 0 Å². The summed E-state index contributed by atoms with van der Waals surface area (Å²) >= 11 is 12.2. The first-order valence-electron chi connectivity index (χ1n) is 7.57. The molecule has 1 atom stereocenters. The number of nitrogens with one attached hydrogen (secondary N) is 1. The summed E-state index contributed by atoms with van der Waals surface area (Å²) in [7, 11) is 0. The van der Waals surface area contributed by atoms with Crippen LogP contribution < -0.4 is 5.32 Å². The number of piperidine rings is 1. The van der Waals surface area contributed by atoms with E-state index in [1.165, 1.54) is 12.8 Å². The lowest BCUT2D eigenvalue weighted by Crippen LogP contribution is -2.41. The molecule has 1 aromatic rings. The molecule has 0 aliphatic carbocycles. The van der Waals surface area contributed by atoms with Crippen molar-refractivity contribution in [3.05, 3.63) is 33.8 Å². The second kappa shape index (κ2) is 8.02. The van der Waals surface area contributed by atoms with Gasteiger partial charge in [0.05, 0.1) is 15.6 Å². The van der Waals surface area contributed by atoms with Gasteiger partial charge in [0.15, 0.2) is 0 Å². The average molecular weight is 329 g/mol. The zero-order chi connectivity index (χ0) is 15.2. The molecular formula is C16H22Cl2N2O. The average Bonchev–Trinajstić information content (AvgIpc) is 2.50. The highest BCUT2D eigenvalue weighted by Crippen LogP contribution is 2.27. The van der Waals surface area contributed by atoms with Crippen molar-refractivity contribution in [1.82, 2.24) is 10.2 Å². The lowest BCUT2D eigenvalue weighted by molar-refractivity contribution is 0.0719. The van der Waals surface area contributed by atoms with Crippen molar-refractivity contribution in [3.63, 3.8) is 0 Å². The lowest BCUT2D eigenvalue weighted by Gasteiger charge is -2.30. The molecule has 1 heterocycles. The largest absolute Gasteiger partial charge is 0.338 e. The normalized spacial score (nSPS) is 18.5. The first-order valence-corrected chi connectivity index (χ1v) is 8.33. The van der Waals surface area contributed by atoms with Crippen molar-refractivity contribution in [3.8, 4) is 0 Å². The maximum absolute atomic E-state index is 12.7. The Balaban J connectivity index is 2.12. The molecule has 0 spiro atoms. The molecule has 21 heavy (non-hydrogen) atoms. The fourth-order valence-electron chi connectivity index (χ4n) is 2.78. The molecule has 2 rings (SSSR count). The van der Waals surface area contributed by atoms with Gasteiger partial charge in [-0.2, -0.15) is 0 Å². The molecular weight excluding hydrogens is 307 g/mol. The van der Waals surface area contributed by atoms with E-state index in [1.807, 2.05) is 4.90 Å². The monoisotopic (exact) mass is 328 g/mol. The number of carbonyl (C=O) groups excluding carboxylic acids is 1. The Morgan fingerprint density at radius 1 is 1.43 bits per heavy atom. The number of hydrogen-bond donors (Lipinski definition) is 1. The van der Waals surface area contributed by atoms with Gasteiger partial charge in [0.1, 0.15) is 0 Å². The molecule has 116 valence electrons. The van der Waals surface area contributed by atoms with E-state index in [-0.39, 0.29) is 5.91 Å². The Morgan fingerprint density at radius 2 is 2.24 bits per heavy atom. The minimum Gasteiger partial charge on any atom is -0.338 e. The summed E-state index contributed by atoms with van der Waals surface area (Å²) in [4.78, 5) is 14.7. The van der Waals surface area contributed by atoms with Crippen LogP contribution in [0.4, 0.5) is 0 Å². The van der Waals surface area contributed by atoms with Gasteiger partial charge in [-0.15, -0.1) is 0 Å². The minimum atomic E-state index is -0.0186. The fraction of sp³-hybridized carbons (Fsp3) is 0.562. The van der Waals surface area contributed by atoms with Gasteiger partial charge >= 0.3 is 0 Å². The zero-order valence-electron chi connectivity index (χ0n) is 12.4. The standard InChI is InChI=1S/C16H22Cl2N2O/c1-2-9-20(11-12-5-4-8-19-10-12)16(21)13-6-3-7-14(17)15(13)18/h3,6-7,12,19H,2,4-5,8-11H2,1H3. The van der Waals surface area contributed by atoms with Crippen LogP contribution in [0.1, 0.15) is 36.5 Å². The highest BCUT2D eigenvalue weighted by molar-refractivity contribution is 6.43. The van der Waals surface area contributed by atoms with Crippen LogP contribution in [-0.2, 0) is 0 Å². The Morgan fingerprint density at radius 3 is 2.90 bits per heavy atom. The highest BCUT2D eigenvalue weighted by Gasteiger charge is 2.23. The van der Waals surface area contributed by atoms with E-state index in [9.17, 15) is 4.79 Å². The summed E-state index contributed by atoms with van der Waals surface area (Å²) in [6.45, 7) is 5.68. The maximum atomic E-state index is 12.7. The minimum absolute atomic E-state index is 0.0186. The molecule has 5 heteroatoms. The first-order chi connectivity index (χ1) is 10.1. The van der Waals surface area contributed by atoms with Crippen LogP contribution >= 0.6 is 23.2 Å². The number of benzene rings is 1. The van der Waals surface area contributed by atoms with Crippen molar-refractivity contribution in [2.24, 2.45) is 5.92 Å². The summed E-state index contributed by atoms with van der Waals surface area (Å²) < 4.78 is 0.